The van der Waals surface area contributed by atoms with Crippen molar-refractivity contribution in [2.75, 3.05) is 0 Å². The smallest absolute Gasteiger partial charge is 0.233 e. The summed E-state index contributed by atoms with van der Waals surface area (Å²) < 4.78 is 135. The Hall–Kier alpha value is -0.870. The highest BCUT2D eigenvalue weighted by Gasteiger charge is 3.04. The molecule has 0 aliphatic heterocycles. The van der Waals surface area contributed by atoms with Gasteiger partial charge in [0.05, 0.1) is 5.25 Å². The predicted molar refractivity (Wildman–Crippen MR) is 61.6 cm³/mol. The van der Waals surface area contributed by atoms with Gasteiger partial charge in [-0.3, -0.25) is 0 Å². The van der Waals surface area contributed by atoms with Crippen molar-refractivity contribution < 1.29 is 43.5 Å². The van der Waals surface area contributed by atoms with Crippen molar-refractivity contribution in [3.63, 3.8) is 0 Å². The Morgan fingerprint density at radius 1 is 0.826 bits per heavy atom. The number of sulfone groups is 1. The van der Waals surface area contributed by atoms with Crippen molar-refractivity contribution in [2.24, 2.45) is 11.8 Å². The van der Waals surface area contributed by atoms with Gasteiger partial charge in [0.2, 0.25) is 11.3 Å². The molecule has 3 fully saturated rings. The molecule has 3 aliphatic rings. The highest BCUT2D eigenvalue weighted by atomic mass is 32.2. The van der Waals surface area contributed by atoms with E-state index in [2.05, 4.69) is 6.58 Å². The molecule has 0 spiro atoms. The van der Waals surface area contributed by atoms with Gasteiger partial charge in [-0.25, -0.2) is 17.2 Å². The van der Waals surface area contributed by atoms with E-state index in [1.807, 2.05) is 0 Å². The quantitative estimate of drug-likeness (QED) is 0.699. The van der Waals surface area contributed by atoms with Crippen LogP contribution in [0.5, 0.6) is 0 Å². The Balaban J connectivity index is 2.26. The van der Waals surface area contributed by atoms with Crippen LogP contribution in [0.3, 0.4) is 0 Å². The highest BCUT2D eigenvalue weighted by molar-refractivity contribution is 7.94. The Labute approximate surface area is 125 Å². The number of rotatable bonds is 2. The Kier molecular flexibility index (Phi) is 2.84. The molecule has 0 radical (unpaired) electrons. The molecule has 11 heteroatoms. The van der Waals surface area contributed by atoms with E-state index < -0.39 is 68.9 Å². The lowest BCUT2D eigenvalue weighted by atomic mass is 9.74. The molecule has 0 saturated heterocycles. The van der Waals surface area contributed by atoms with E-state index in [0.29, 0.717) is 5.41 Å². The number of fused-ring (bicyclic) bond motifs is 5. The molecule has 2 bridgehead atoms. The van der Waals surface area contributed by atoms with Gasteiger partial charge in [-0.2, -0.15) is 26.3 Å². The molecule has 0 N–H and O–H groups in total. The molecule has 0 heterocycles. The molecule has 0 amide bonds. The SMILES string of the molecule is C=CS(=O)(=O)C1CC2CC1C1(F)C(F)(F)C(F)(F)C(F)(F)C21F. The van der Waals surface area contributed by atoms with Gasteiger partial charge in [-0.15, -0.1) is 0 Å². The fraction of sp³-hybridized carbons (Fsp3) is 0.833. The minimum atomic E-state index is -6.27. The van der Waals surface area contributed by atoms with Crippen LogP contribution in [-0.2, 0) is 9.84 Å². The van der Waals surface area contributed by atoms with Crippen molar-refractivity contribution in [3.05, 3.63) is 12.0 Å². The summed E-state index contributed by atoms with van der Waals surface area (Å²) in [4.78, 5) is 0. The standard InChI is InChI=1S/C12H10F8O2S/c1-2-23(21,22)7-4-5-3-6(7)9(14)8(5,13)10(15,16)12(19,20)11(9,17)18/h2,5-7H,1,3-4H2. The van der Waals surface area contributed by atoms with Crippen molar-refractivity contribution in [1.29, 1.82) is 0 Å². The fourth-order valence-electron chi connectivity index (χ4n) is 4.40. The van der Waals surface area contributed by atoms with E-state index in [9.17, 15) is 43.5 Å². The average Bonchev–Trinajstić information content (AvgIpc) is 2.99. The highest BCUT2D eigenvalue weighted by Crippen LogP contribution is 2.79. The largest absolute Gasteiger partial charge is 0.378 e. The second-order valence-electron chi connectivity index (χ2n) is 6.22. The fourth-order valence-corrected chi connectivity index (χ4v) is 5.90. The Bertz CT molecular complexity index is 689. The number of hydrogen-bond acceptors (Lipinski definition) is 2. The molecule has 3 aliphatic carbocycles. The lowest BCUT2D eigenvalue weighted by Crippen LogP contribution is -2.64. The zero-order chi connectivity index (χ0) is 17.9. The monoisotopic (exact) mass is 370 g/mol. The van der Waals surface area contributed by atoms with Gasteiger partial charge in [0, 0.05) is 17.2 Å². The van der Waals surface area contributed by atoms with Crippen LogP contribution in [0.1, 0.15) is 12.8 Å². The first-order valence-corrected chi connectivity index (χ1v) is 8.13. The first-order valence-electron chi connectivity index (χ1n) is 6.52. The first-order chi connectivity index (χ1) is 10.1. The summed E-state index contributed by atoms with van der Waals surface area (Å²) in [5, 5.41) is -1.69. The zero-order valence-corrected chi connectivity index (χ0v) is 12.0. The third-order valence-electron chi connectivity index (χ3n) is 5.46. The molecular formula is C12H10F8O2S. The summed E-state index contributed by atoms with van der Waals surface area (Å²) in [5.74, 6) is -23.0. The molecule has 23 heavy (non-hydrogen) atoms. The molecule has 3 saturated carbocycles. The van der Waals surface area contributed by atoms with Gasteiger partial charge in [-0.1, -0.05) is 6.58 Å². The van der Waals surface area contributed by atoms with Gasteiger partial charge in [0.25, 0.3) is 0 Å². The third-order valence-corrected chi connectivity index (χ3v) is 7.29. The molecule has 3 rings (SSSR count). The second-order valence-corrected chi connectivity index (χ2v) is 8.33. The zero-order valence-electron chi connectivity index (χ0n) is 11.2. The molecule has 132 valence electrons. The predicted octanol–water partition coefficient (Wildman–Crippen LogP) is 3.29. The van der Waals surface area contributed by atoms with Gasteiger partial charge in [-0.05, 0) is 12.8 Å². The van der Waals surface area contributed by atoms with Gasteiger partial charge in [0.1, 0.15) is 0 Å². The van der Waals surface area contributed by atoms with E-state index in [1.165, 1.54) is 0 Å². The lowest BCUT2D eigenvalue weighted by molar-refractivity contribution is -0.297. The van der Waals surface area contributed by atoms with Crippen molar-refractivity contribution in [3.8, 4) is 0 Å². The van der Waals surface area contributed by atoms with E-state index in [-0.39, 0.29) is 0 Å². The summed E-state index contributed by atoms with van der Waals surface area (Å²) in [6.45, 7) is 2.89. The van der Waals surface area contributed by atoms with Crippen LogP contribution < -0.4 is 0 Å². The summed E-state index contributed by atoms with van der Waals surface area (Å²) >= 11 is 0. The van der Waals surface area contributed by atoms with Crippen LogP contribution in [0.15, 0.2) is 12.0 Å². The van der Waals surface area contributed by atoms with Crippen molar-refractivity contribution >= 4 is 9.84 Å². The molecule has 5 atom stereocenters. The maximum Gasteiger partial charge on any atom is 0.378 e. The second kappa shape index (κ2) is 3.85. The maximum absolute atomic E-state index is 14.9. The van der Waals surface area contributed by atoms with Crippen LogP contribution in [0.2, 0.25) is 0 Å². The minimum Gasteiger partial charge on any atom is -0.233 e. The minimum absolute atomic E-state index is 0.297. The summed E-state index contributed by atoms with van der Waals surface area (Å²) in [7, 11) is -4.42. The first kappa shape index (κ1) is 17.0. The van der Waals surface area contributed by atoms with Crippen molar-refractivity contribution in [1.82, 2.24) is 0 Å². The maximum atomic E-state index is 14.9. The normalized spacial score (nSPS) is 49.1. The van der Waals surface area contributed by atoms with Crippen LogP contribution in [0, 0.1) is 11.8 Å². The lowest BCUT2D eigenvalue weighted by Gasteiger charge is -2.42. The molecule has 2 nitrogen and oxygen atoms in total. The van der Waals surface area contributed by atoms with Gasteiger partial charge < -0.3 is 0 Å². The molecule has 5 unspecified atom stereocenters. The molecule has 0 aromatic rings. The number of halogens is 8. The summed E-state index contributed by atoms with van der Waals surface area (Å²) in [6.07, 6.45) is -1.92. The van der Waals surface area contributed by atoms with Gasteiger partial charge in [0.15, 0.2) is 9.84 Å². The molecule has 0 aromatic carbocycles. The van der Waals surface area contributed by atoms with Crippen LogP contribution >= 0.6 is 0 Å². The van der Waals surface area contributed by atoms with E-state index in [1.54, 1.807) is 0 Å². The third kappa shape index (κ3) is 1.30. The average molecular weight is 370 g/mol. The summed E-state index contributed by atoms with van der Waals surface area (Å²) in [5.41, 5.74) is -9.80. The van der Waals surface area contributed by atoms with Crippen LogP contribution in [-0.4, -0.2) is 42.8 Å². The summed E-state index contributed by atoms with van der Waals surface area (Å²) in [6, 6.07) is 0. The number of hydrogen-bond donors (Lipinski definition) is 0. The molecule has 0 aromatic heterocycles. The number of alkyl halides is 8. The Morgan fingerprint density at radius 3 is 1.78 bits per heavy atom. The van der Waals surface area contributed by atoms with Crippen molar-refractivity contribution in [2.45, 2.75) is 47.2 Å². The van der Waals surface area contributed by atoms with Crippen LogP contribution in [0.4, 0.5) is 35.1 Å². The van der Waals surface area contributed by atoms with Gasteiger partial charge >= 0.3 is 17.8 Å². The Morgan fingerprint density at radius 2 is 1.30 bits per heavy atom. The topological polar surface area (TPSA) is 34.1 Å². The van der Waals surface area contributed by atoms with E-state index >= 15 is 0 Å². The van der Waals surface area contributed by atoms with Crippen LogP contribution in [0.25, 0.3) is 0 Å². The molecular weight excluding hydrogens is 360 g/mol. The van der Waals surface area contributed by atoms with E-state index in [4.69, 9.17) is 0 Å². The van der Waals surface area contributed by atoms with E-state index in [0.717, 1.165) is 0 Å².